The molecule has 1 aliphatic heterocycles. The first-order valence-corrected chi connectivity index (χ1v) is 14.1. The number of ether oxygens (including phenoxy) is 3. The second-order valence-corrected chi connectivity index (χ2v) is 10.9. The molecule has 1 heterocycles. The molecule has 0 radical (unpaired) electrons. The maximum atomic E-state index is 14.2. The predicted octanol–water partition coefficient (Wildman–Crippen LogP) is 5.31. The molecule has 3 aromatic rings. The Bertz CT molecular complexity index is 1500. The number of rotatable bonds is 11. The molecule has 1 unspecified atom stereocenters. The number of hydrogen-bond donors (Lipinski definition) is 0. The number of benzene rings is 3. The van der Waals surface area contributed by atoms with Gasteiger partial charge in [0.15, 0.2) is 6.29 Å². The molecule has 0 spiro atoms. The van der Waals surface area contributed by atoms with Gasteiger partial charge in [-0.25, -0.2) is 13.2 Å². The van der Waals surface area contributed by atoms with Crippen molar-refractivity contribution >= 4 is 27.4 Å². The molecule has 0 saturated carbocycles. The minimum Gasteiger partial charge on any atom is -0.462 e. The van der Waals surface area contributed by atoms with E-state index < -0.39 is 33.2 Å². The van der Waals surface area contributed by atoms with Crippen LogP contribution in [0.4, 0.5) is 5.69 Å². The van der Waals surface area contributed by atoms with Crippen LogP contribution in [-0.4, -0.2) is 50.7 Å². The third kappa shape index (κ3) is 5.76. The number of nitro benzene ring substituents is 1. The highest BCUT2D eigenvalue weighted by Gasteiger charge is 2.46. The van der Waals surface area contributed by atoms with Crippen molar-refractivity contribution < 1.29 is 32.3 Å². The molecule has 0 saturated heterocycles. The summed E-state index contributed by atoms with van der Waals surface area (Å²) in [7, 11) is -1.60. The summed E-state index contributed by atoms with van der Waals surface area (Å²) in [4.78, 5) is 23.3. The van der Waals surface area contributed by atoms with E-state index in [1.54, 1.807) is 6.07 Å². The van der Waals surface area contributed by atoms with E-state index in [9.17, 15) is 23.3 Å². The summed E-state index contributed by atoms with van der Waals surface area (Å²) in [6.07, 6.45) is 1.59. The summed E-state index contributed by atoms with van der Waals surface area (Å²) in [6.45, 7) is 2.15. The van der Waals surface area contributed by atoms with Crippen LogP contribution in [0.3, 0.4) is 0 Å². The fourth-order valence-corrected chi connectivity index (χ4v) is 6.23. The maximum absolute atomic E-state index is 14.2. The van der Waals surface area contributed by atoms with Gasteiger partial charge in [-0.1, -0.05) is 55.8 Å². The highest BCUT2D eigenvalue weighted by molar-refractivity contribution is 7.89. The van der Waals surface area contributed by atoms with Crippen LogP contribution in [0.25, 0.3) is 16.8 Å². The lowest BCUT2D eigenvalue weighted by Gasteiger charge is -2.31. The molecule has 0 bridgehead atoms. The van der Waals surface area contributed by atoms with Crippen molar-refractivity contribution in [2.24, 2.45) is 0 Å². The lowest BCUT2D eigenvalue weighted by atomic mass is 9.97. The van der Waals surface area contributed by atoms with Gasteiger partial charge in [0.1, 0.15) is 6.04 Å². The number of carbonyl (C=O) groups is 1. The number of methoxy groups -OCH3 is 2. The Morgan fingerprint density at radius 1 is 1.02 bits per heavy atom. The molecule has 11 heteroatoms. The van der Waals surface area contributed by atoms with Gasteiger partial charge in [0.05, 0.1) is 22.1 Å². The first-order valence-electron chi connectivity index (χ1n) is 12.7. The van der Waals surface area contributed by atoms with Crippen LogP contribution in [-0.2, 0) is 29.0 Å². The van der Waals surface area contributed by atoms with E-state index in [-0.39, 0.29) is 22.9 Å². The van der Waals surface area contributed by atoms with Gasteiger partial charge < -0.3 is 14.2 Å². The van der Waals surface area contributed by atoms with E-state index in [1.807, 2.05) is 49.4 Å². The van der Waals surface area contributed by atoms with Gasteiger partial charge >= 0.3 is 5.97 Å². The van der Waals surface area contributed by atoms with Crippen LogP contribution < -0.4 is 0 Å². The first-order chi connectivity index (χ1) is 19.2. The number of carbonyl (C=O) groups excluding carboxylic acids is 1. The number of sulfonamides is 1. The molecule has 210 valence electrons. The van der Waals surface area contributed by atoms with Crippen molar-refractivity contribution in [3.63, 3.8) is 0 Å². The summed E-state index contributed by atoms with van der Waals surface area (Å²) >= 11 is 0. The Morgan fingerprint density at radius 2 is 1.70 bits per heavy atom. The molecule has 0 aromatic heterocycles. The number of hydrogen-bond acceptors (Lipinski definition) is 8. The molecule has 40 heavy (non-hydrogen) atoms. The van der Waals surface area contributed by atoms with Crippen LogP contribution in [0.5, 0.6) is 0 Å². The minimum absolute atomic E-state index is 0.0803. The number of nitro groups is 1. The fourth-order valence-electron chi connectivity index (χ4n) is 4.60. The lowest BCUT2D eigenvalue weighted by Crippen LogP contribution is -2.37. The van der Waals surface area contributed by atoms with Crippen molar-refractivity contribution in [2.45, 2.75) is 37.0 Å². The van der Waals surface area contributed by atoms with Crippen molar-refractivity contribution in [1.29, 1.82) is 0 Å². The van der Waals surface area contributed by atoms with Gasteiger partial charge in [-0.05, 0) is 41.3 Å². The molecule has 3 aromatic carbocycles. The van der Waals surface area contributed by atoms with Gasteiger partial charge in [0.2, 0.25) is 0 Å². The number of non-ortho nitro benzene ring substituents is 1. The Balaban J connectivity index is 1.93. The van der Waals surface area contributed by atoms with Crippen molar-refractivity contribution in [1.82, 2.24) is 4.31 Å². The second kappa shape index (κ2) is 12.4. The van der Waals surface area contributed by atoms with Crippen LogP contribution in [0.15, 0.2) is 83.8 Å². The van der Waals surface area contributed by atoms with Crippen LogP contribution in [0, 0.1) is 10.1 Å². The fraction of sp³-hybridized carbons (Fsp3) is 0.276. The Kier molecular flexibility index (Phi) is 8.98. The first kappa shape index (κ1) is 28.9. The standard InChI is InChI=1S/C29H30N2O8S/c1-4-5-17-39-27(32)19-26-25-18-21(20-9-7-6-8-10-20)11-16-24(25)28(29(37-2)38-3)30(26)40(35,36)23-14-12-22(13-15-23)31(33)34/h6-16,18-19,28-29H,4-5,17H2,1-3H3/b26-19+. The van der Waals surface area contributed by atoms with Crippen molar-refractivity contribution in [2.75, 3.05) is 20.8 Å². The number of fused-ring (bicyclic) bond motifs is 1. The van der Waals surface area contributed by atoms with Gasteiger partial charge in [0, 0.05) is 38.0 Å². The van der Waals surface area contributed by atoms with E-state index in [0.717, 1.165) is 52.2 Å². The Morgan fingerprint density at radius 3 is 2.30 bits per heavy atom. The maximum Gasteiger partial charge on any atom is 0.332 e. The molecule has 10 nitrogen and oxygen atoms in total. The van der Waals surface area contributed by atoms with Crippen molar-refractivity contribution in [3.8, 4) is 11.1 Å². The highest BCUT2D eigenvalue weighted by atomic mass is 32.2. The third-order valence-corrected chi connectivity index (χ3v) is 8.38. The topological polar surface area (TPSA) is 125 Å². The van der Waals surface area contributed by atoms with E-state index in [2.05, 4.69) is 0 Å². The van der Waals surface area contributed by atoms with Crippen LogP contribution in [0.1, 0.15) is 36.9 Å². The zero-order chi connectivity index (χ0) is 28.9. The molecular weight excluding hydrogens is 536 g/mol. The average molecular weight is 567 g/mol. The SMILES string of the molecule is CCCCOC(=O)/C=C1\c2cc(-c3ccccc3)ccc2C(C(OC)OC)N1S(=O)(=O)c1ccc([N+](=O)[O-])cc1. The second-order valence-electron chi connectivity index (χ2n) is 9.06. The molecule has 1 aliphatic rings. The predicted molar refractivity (Wildman–Crippen MR) is 148 cm³/mol. The zero-order valence-corrected chi connectivity index (χ0v) is 23.2. The quantitative estimate of drug-likeness (QED) is 0.0764. The van der Waals surface area contributed by atoms with Gasteiger partial charge in [0.25, 0.3) is 15.7 Å². The lowest BCUT2D eigenvalue weighted by molar-refractivity contribution is -0.384. The van der Waals surface area contributed by atoms with Crippen molar-refractivity contribution in [3.05, 3.63) is 100 Å². The number of esters is 1. The van der Waals surface area contributed by atoms with E-state index in [4.69, 9.17) is 14.2 Å². The summed E-state index contributed by atoms with van der Waals surface area (Å²) in [6, 6.07) is 18.5. The highest BCUT2D eigenvalue weighted by Crippen LogP contribution is 2.48. The molecule has 0 aliphatic carbocycles. The normalized spacial score (nSPS) is 15.8. The van der Waals surface area contributed by atoms with Crippen LogP contribution >= 0.6 is 0 Å². The molecule has 0 N–H and O–H groups in total. The summed E-state index contributed by atoms with van der Waals surface area (Å²) in [5.41, 5.74) is 2.59. The zero-order valence-electron chi connectivity index (χ0n) is 22.4. The van der Waals surface area contributed by atoms with E-state index >= 15 is 0 Å². The van der Waals surface area contributed by atoms with Gasteiger partial charge in [-0.3, -0.25) is 14.4 Å². The van der Waals surface area contributed by atoms with Gasteiger partial charge in [-0.2, -0.15) is 0 Å². The van der Waals surface area contributed by atoms with Gasteiger partial charge in [-0.15, -0.1) is 0 Å². The molecule has 4 rings (SSSR count). The smallest absolute Gasteiger partial charge is 0.332 e. The van der Waals surface area contributed by atoms with Crippen LogP contribution in [0.2, 0.25) is 0 Å². The molecule has 1 atom stereocenters. The Hall–Kier alpha value is -4.06. The molecule has 0 amide bonds. The summed E-state index contributed by atoms with van der Waals surface area (Å²) in [5.74, 6) is -0.699. The third-order valence-electron chi connectivity index (χ3n) is 6.57. The molecular formula is C29H30N2O8S. The Labute approximate surface area is 233 Å². The summed E-state index contributed by atoms with van der Waals surface area (Å²) < 4.78 is 45.9. The average Bonchev–Trinajstić information content (AvgIpc) is 3.28. The monoisotopic (exact) mass is 566 g/mol. The minimum atomic E-state index is -4.39. The molecule has 0 fully saturated rings. The number of unbranched alkanes of at least 4 members (excludes halogenated alkanes) is 1. The number of nitrogens with zero attached hydrogens (tertiary/aromatic N) is 2. The van der Waals surface area contributed by atoms with E-state index in [1.165, 1.54) is 14.2 Å². The summed E-state index contributed by atoms with van der Waals surface area (Å²) in [5, 5.41) is 11.2. The largest absolute Gasteiger partial charge is 0.462 e. The van der Waals surface area contributed by atoms with E-state index in [0.29, 0.717) is 17.5 Å².